The summed E-state index contributed by atoms with van der Waals surface area (Å²) in [5, 5.41) is 3.51. The molecule has 0 spiro atoms. The lowest BCUT2D eigenvalue weighted by atomic mass is 10.3. The van der Waals surface area contributed by atoms with Gasteiger partial charge in [0.15, 0.2) is 5.82 Å². The first kappa shape index (κ1) is 12.6. The number of hydrogen-bond donors (Lipinski definition) is 2. The molecule has 0 amide bonds. The molecule has 0 aliphatic rings. The van der Waals surface area contributed by atoms with E-state index in [0.29, 0.717) is 21.0 Å². The van der Waals surface area contributed by atoms with Gasteiger partial charge < -0.3 is 10.3 Å². The van der Waals surface area contributed by atoms with Crippen LogP contribution in [0, 0.1) is 0 Å². The number of nitrogens with one attached hydrogen (secondary N) is 2. The highest BCUT2D eigenvalue weighted by Gasteiger charge is 2.07. The van der Waals surface area contributed by atoms with Crippen molar-refractivity contribution in [2.24, 2.45) is 0 Å². The molecule has 2 N–H and O–H groups in total. The van der Waals surface area contributed by atoms with Crippen molar-refractivity contribution >= 4 is 55.0 Å². The molecular formula is C10H6Br2ClN3O. The van der Waals surface area contributed by atoms with E-state index in [4.69, 9.17) is 11.6 Å². The lowest BCUT2D eigenvalue weighted by Crippen LogP contribution is -2.10. The van der Waals surface area contributed by atoms with Crippen molar-refractivity contribution < 1.29 is 0 Å². The van der Waals surface area contributed by atoms with E-state index in [2.05, 4.69) is 47.1 Å². The third-order valence-corrected chi connectivity index (χ3v) is 3.52. The number of aromatic amines is 1. The van der Waals surface area contributed by atoms with Crippen LogP contribution in [0.1, 0.15) is 0 Å². The Balaban J connectivity index is 2.38. The van der Waals surface area contributed by atoms with Crippen molar-refractivity contribution in [3.05, 3.63) is 48.8 Å². The number of rotatable bonds is 2. The van der Waals surface area contributed by atoms with E-state index in [0.717, 1.165) is 4.47 Å². The van der Waals surface area contributed by atoms with Gasteiger partial charge in [-0.25, -0.2) is 4.98 Å². The summed E-state index contributed by atoms with van der Waals surface area (Å²) in [6.07, 6.45) is 1.32. The molecule has 2 rings (SSSR count). The van der Waals surface area contributed by atoms with Crippen molar-refractivity contribution in [3.63, 3.8) is 0 Å². The Bertz CT molecular complexity index is 615. The maximum atomic E-state index is 11.3. The van der Waals surface area contributed by atoms with Crippen molar-refractivity contribution in [3.8, 4) is 0 Å². The third kappa shape index (κ3) is 2.88. The van der Waals surface area contributed by atoms with Crippen LogP contribution in [0.2, 0.25) is 5.02 Å². The minimum absolute atomic E-state index is 0.254. The van der Waals surface area contributed by atoms with Crippen molar-refractivity contribution in [2.75, 3.05) is 5.32 Å². The summed E-state index contributed by atoms with van der Waals surface area (Å²) >= 11 is 12.5. The number of hydrogen-bond acceptors (Lipinski definition) is 3. The molecule has 0 aliphatic heterocycles. The topological polar surface area (TPSA) is 57.8 Å². The molecule has 2 aromatic rings. The van der Waals surface area contributed by atoms with Gasteiger partial charge in [-0.1, -0.05) is 27.5 Å². The first-order valence-electron chi connectivity index (χ1n) is 4.53. The summed E-state index contributed by atoms with van der Waals surface area (Å²) in [6, 6.07) is 5.39. The van der Waals surface area contributed by atoms with Crippen LogP contribution < -0.4 is 10.9 Å². The summed E-state index contributed by atoms with van der Waals surface area (Å²) in [4.78, 5) is 17.8. The Hall–Kier alpha value is -0.850. The predicted octanol–water partition coefficient (Wildman–Crippen LogP) is 3.69. The fraction of sp³-hybridized carbons (Fsp3) is 0. The van der Waals surface area contributed by atoms with Crippen LogP contribution in [0.15, 0.2) is 38.3 Å². The van der Waals surface area contributed by atoms with Crippen LogP contribution in [0.4, 0.5) is 11.5 Å². The Morgan fingerprint density at radius 2 is 2.12 bits per heavy atom. The molecule has 1 aromatic heterocycles. The van der Waals surface area contributed by atoms with Crippen molar-refractivity contribution in [2.45, 2.75) is 0 Å². The maximum Gasteiger partial charge on any atom is 0.267 e. The van der Waals surface area contributed by atoms with Gasteiger partial charge >= 0.3 is 0 Å². The molecule has 0 saturated carbocycles. The lowest BCUT2D eigenvalue weighted by molar-refractivity contribution is 1.10. The number of anilines is 2. The molecule has 0 atom stereocenters. The van der Waals surface area contributed by atoms with Gasteiger partial charge in [0.25, 0.3) is 5.56 Å². The molecule has 0 radical (unpaired) electrons. The fourth-order valence-corrected chi connectivity index (χ4v) is 2.23. The third-order valence-electron chi connectivity index (χ3n) is 1.98. The van der Waals surface area contributed by atoms with Gasteiger partial charge in [-0.05, 0) is 34.1 Å². The summed E-state index contributed by atoms with van der Waals surface area (Å²) in [5.41, 5.74) is 0.421. The average molecular weight is 379 g/mol. The molecular weight excluding hydrogens is 373 g/mol. The average Bonchev–Trinajstić information content (AvgIpc) is 2.28. The second-order valence-corrected chi connectivity index (χ2v) is 5.26. The fourth-order valence-electron chi connectivity index (χ4n) is 1.19. The zero-order chi connectivity index (χ0) is 12.4. The van der Waals surface area contributed by atoms with Gasteiger partial charge in [0.2, 0.25) is 0 Å². The number of halogens is 3. The highest BCUT2D eigenvalue weighted by Crippen LogP contribution is 2.29. The normalized spacial score (nSPS) is 10.3. The van der Waals surface area contributed by atoms with E-state index in [-0.39, 0.29) is 5.56 Å². The molecule has 0 fully saturated rings. The Morgan fingerprint density at radius 1 is 1.35 bits per heavy atom. The van der Waals surface area contributed by atoms with Crippen molar-refractivity contribution in [1.29, 1.82) is 0 Å². The van der Waals surface area contributed by atoms with E-state index in [1.54, 1.807) is 12.1 Å². The van der Waals surface area contributed by atoms with Crippen LogP contribution >= 0.6 is 43.5 Å². The molecule has 7 heteroatoms. The smallest absolute Gasteiger partial charge is 0.267 e. The van der Waals surface area contributed by atoms with Gasteiger partial charge in [0.05, 0.1) is 17.0 Å². The molecule has 1 aromatic carbocycles. The molecule has 0 bridgehead atoms. The first-order chi connectivity index (χ1) is 8.08. The first-order valence-corrected chi connectivity index (χ1v) is 6.49. The van der Waals surface area contributed by atoms with E-state index in [9.17, 15) is 4.79 Å². The summed E-state index contributed by atoms with van der Waals surface area (Å²) in [6.45, 7) is 0. The van der Waals surface area contributed by atoms with Gasteiger partial charge in [-0.2, -0.15) is 0 Å². The second-order valence-electron chi connectivity index (χ2n) is 3.14. The Kier molecular flexibility index (Phi) is 3.86. The van der Waals surface area contributed by atoms with Gasteiger partial charge in [0.1, 0.15) is 4.47 Å². The number of H-pyrrole nitrogens is 1. The quantitative estimate of drug-likeness (QED) is 0.837. The van der Waals surface area contributed by atoms with E-state index in [1.807, 2.05) is 6.07 Å². The summed E-state index contributed by atoms with van der Waals surface area (Å²) < 4.78 is 1.21. The van der Waals surface area contributed by atoms with Gasteiger partial charge in [-0.15, -0.1) is 0 Å². The number of aromatic nitrogens is 2. The lowest BCUT2D eigenvalue weighted by Gasteiger charge is -2.08. The number of nitrogens with zero attached hydrogens (tertiary/aromatic N) is 1. The van der Waals surface area contributed by atoms with Crippen LogP contribution in [0.3, 0.4) is 0 Å². The Morgan fingerprint density at radius 3 is 2.82 bits per heavy atom. The van der Waals surface area contributed by atoms with E-state index < -0.39 is 0 Å². The molecule has 0 saturated heterocycles. The zero-order valence-corrected chi connectivity index (χ0v) is 12.2. The van der Waals surface area contributed by atoms with E-state index >= 15 is 0 Å². The van der Waals surface area contributed by atoms with Gasteiger partial charge in [-0.3, -0.25) is 4.79 Å². The SMILES string of the molecule is O=c1[nH]cnc(Nc2ccc(Br)cc2Cl)c1Br. The molecule has 0 aliphatic carbocycles. The van der Waals surface area contributed by atoms with Crippen LogP contribution in [0.25, 0.3) is 0 Å². The van der Waals surface area contributed by atoms with Gasteiger partial charge in [0, 0.05) is 4.47 Å². The molecule has 4 nitrogen and oxygen atoms in total. The predicted molar refractivity (Wildman–Crippen MR) is 75.0 cm³/mol. The summed E-state index contributed by atoms with van der Waals surface area (Å²) in [5.74, 6) is 0.415. The highest BCUT2D eigenvalue weighted by molar-refractivity contribution is 9.10. The van der Waals surface area contributed by atoms with Crippen molar-refractivity contribution in [1.82, 2.24) is 9.97 Å². The minimum Gasteiger partial charge on any atom is -0.338 e. The van der Waals surface area contributed by atoms with Crippen LogP contribution in [0.5, 0.6) is 0 Å². The van der Waals surface area contributed by atoms with Crippen LogP contribution in [-0.4, -0.2) is 9.97 Å². The Labute approximate surface area is 119 Å². The van der Waals surface area contributed by atoms with Crippen LogP contribution in [-0.2, 0) is 0 Å². The number of benzene rings is 1. The minimum atomic E-state index is -0.254. The maximum absolute atomic E-state index is 11.3. The molecule has 0 unspecified atom stereocenters. The molecule has 1 heterocycles. The summed E-state index contributed by atoms with van der Waals surface area (Å²) in [7, 11) is 0. The molecule has 17 heavy (non-hydrogen) atoms. The monoisotopic (exact) mass is 377 g/mol. The standard InChI is InChI=1S/C10H6Br2ClN3O/c11-5-1-2-7(6(13)3-5)16-9-8(12)10(17)15-4-14-9/h1-4H,(H2,14,15,16,17). The highest BCUT2D eigenvalue weighted by atomic mass is 79.9. The second kappa shape index (κ2) is 5.20. The zero-order valence-electron chi connectivity index (χ0n) is 8.30. The molecule has 88 valence electrons. The largest absolute Gasteiger partial charge is 0.338 e. The van der Waals surface area contributed by atoms with E-state index in [1.165, 1.54) is 6.33 Å².